The molecule has 0 aliphatic rings. The first-order valence-corrected chi connectivity index (χ1v) is 10.9. The van der Waals surface area contributed by atoms with Crippen LogP contribution >= 0.6 is 15.9 Å². The Balaban J connectivity index is 2.03. The molecular weight excluding hydrogens is 448 g/mol. The predicted molar refractivity (Wildman–Crippen MR) is 130 cm³/mol. The standard InChI is InChI=1S/C27H23BrN2O/c1-29-25-18-17-23(28)19-24(25)27(21-13-7-3-8-14-21,22-15-9-4-10-16-22)30-26(31)20-11-5-2-6-12-20/h2-19,29H,1H3,(H,30,31). The van der Waals surface area contributed by atoms with E-state index in [1.165, 1.54) is 0 Å². The maximum absolute atomic E-state index is 13.5. The molecule has 0 aliphatic heterocycles. The van der Waals surface area contributed by atoms with E-state index in [1.54, 1.807) is 0 Å². The summed E-state index contributed by atoms with van der Waals surface area (Å²) in [7, 11) is 1.90. The van der Waals surface area contributed by atoms with Gasteiger partial charge >= 0.3 is 0 Å². The van der Waals surface area contributed by atoms with Crippen LogP contribution in [0.1, 0.15) is 27.0 Å². The SMILES string of the molecule is CNc1ccc(Br)cc1C(NC(=O)c1ccccc1)(c1ccccc1)c1ccccc1. The van der Waals surface area contributed by atoms with Gasteiger partial charge in [0.25, 0.3) is 5.91 Å². The molecule has 0 aliphatic carbocycles. The second-order valence-corrected chi connectivity index (χ2v) is 8.16. The first-order chi connectivity index (χ1) is 15.1. The number of nitrogens with one attached hydrogen (secondary N) is 2. The summed E-state index contributed by atoms with van der Waals surface area (Å²) in [5, 5.41) is 6.71. The third-order valence-electron chi connectivity index (χ3n) is 5.41. The highest BCUT2D eigenvalue weighted by Crippen LogP contribution is 2.41. The highest BCUT2D eigenvalue weighted by Gasteiger charge is 2.40. The van der Waals surface area contributed by atoms with Crippen LogP contribution in [-0.4, -0.2) is 13.0 Å². The van der Waals surface area contributed by atoms with E-state index in [-0.39, 0.29) is 5.91 Å². The lowest BCUT2D eigenvalue weighted by Crippen LogP contribution is -2.48. The lowest BCUT2D eigenvalue weighted by molar-refractivity contribution is 0.0925. The van der Waals surface area contributed by atoms with Gasteiger partial charge in [0.05, 0.1) is 0 Å². The van der Waals surface area contributed by atoms with Gasteiger partial charge in [-0.3, -0.25) is 4.79 Å². The van der Waals surface area contributed by atoms with Gasteiger partial charge < -0.3 is 10.6 Å². The third-order valence-corrected chi connectivity index (χ3v) is 5.90. The lowest BCUT2D eigenvalue weighted by atomic mass is 9.76. The summed E-state index contributed by atoms with van der Waals surface area (Å²) in [4.78, 5) is 13.5. The quantitative estimate of drug-likeness (QED) is 0.328. The molecular formula is C27H23BrN2O. The largest absolute Gasteiger partial charge is 0.388 e. The molecule has 4 rings (SSSR count). The number of hydrogen-bond donors (Lipinski definition) is 2. The second kappa shape index (κ2) is 9.19. The molecule has 0 unspecified atom stereocenters. The summed E-state index contributed by atoms with van der Waals surface area (Å²) in [6, 6.07) is 35.6. The molecule has 0 spiro atoms. The van der Waals surface area contributed by atoms with Crippen molar-refractivity contribution in [3.05, 3.63) is 136 Å². The number of benzene rings is 4. The normalized spacial score (nSPS) is 11.0. The second-order valence-electron chi connectivity index (χ2n) is 7.24. The number of carbonyl (C=O) groups is 1. The van der Waals surface area contributed by atoms with Crippen molar-refractivity contribution >= 4 is 27.5 Å². The minimum Gasteiger partial charge on any atom is -0.388 e. The molecule has 1 amide bonds. The zero-order chi connectivity index (χ0) is 21.7. The van der Waals surface area contributed by atoms with Crippen molar-refractivity contribution in [2.24, 2.45) is 0 Å². The first-order valence-electron chi connectivity index (χ1n) is 10.1. The Morgan fingerprint density at radius 2 is 1.26 bits per heavy atom. The number of anilines is 1. The van der Waals surface area contributed by atoms with E-state index in [0.29, 0.717) is 5.56 Å². The van der Waals surface area contributed by atoms with Crippen LogP contribution in [0.5, 0.6) is 0 Å². The molecule has 154 valence electrons. The van der Waals surface area contributed by atoms with Gasteiger partial charge in [0.2, 0.25) is 0 Å². The molecule has 0 aromatic heterocycles. The molecule has 0 heterocycles. The molecule has 0 bridgehead atoms. The van der Waals surface area contributed by atoms with Crippen LogP contribution in [0.15, 0.2) is 114 Å². The van der Waals surface area contributed by atoms with Crippen LogP contribution in [0.25, 0.3) is 0 Å². The summed E-state index contributed by atoms with van der Waals surface area (Å²) >= 11 is 3.63. The zero-order valence-corrected chi connectivity index (χ0v) is 18.8. The molecule has 0 atom stereocenters. The Morgan fingerprint density at radius 1 is 0.742 bits per heavy atom. The van der Waals surface area contributed by atoms with Crippen molar-refractivity contribution in [2.45, 2.75) is 5.54 Å². The average Bonchev–Trinajstić information content (AvgIpc) is 2.84. The van der Waals surface area contributed by atoms with Crippen molar-refractivity contribution in [1.82, 2.24) is 5.32 Å². The fraction of sp³-hybridized carbons (Fsp3) is 0.0741. The number of rotatable bonds is 6. The van der Waals surface area contributed by atoms with E-state index in [2.05, 4.69) is 56.9 Å². The number of amides is 1. The average molecular weight is 471 g/mol. The van der Waals surface area contributed by atoms with E-state index in [4.69, 9.17) is 0 Å². The van der Waals surface area contributed by atoms with E-state index >= 15 is 0 Å². The van der Waals surface area contributed by atoms with Gasteiger partial charge in [-0.2, -0.15) is 0 Å². The molecule has 0 saturated carbocycles. The molecule has 31 heavy (non-hydrogen) atoms. The number of halogens is 1. The van der Waals surface area contributed by atoms with E-state index in [1.807, 2.05) is 85.9 Å². The zero-order valence-electron chi connectivity index (χ0n) is 17.2. The van der Waals surface area contributed by atoms with Crippen LogP contribution in [0.2, 0.25) is 0 Å². The first kappa shape index (κ1) is 20.9. The van der Waals surface area contributed by atoms with Crippen molar-refractivity contribution in [3.8, 4) is 0 Å². The maximum atomic E-state index is 13.5. The lowest BCUT2D eigenvalue weighted by Gasteiger charge is -2.38. The van der Waals surface area contributed by atoms with Crippen LogP contribution in [0, 0.1) is 0 Å². The molecule has 0 saturated heterocycles. The fourth-order valence-corrected chi connectivity index (χ4v) is 4.30. The summed E-state index contributed by atoms with van der Waals surface area (Å²) in [5.74, 6) is -0.143. The van der Waals surface area contributed by atoms with Gasteiger partial charge in [0.15, 0.2) is 0 Å². The molecule has 3 nitrogen and oxygen atoms in total. The Labute approximate surface area is 191 Å². The minimum absolute atomic E-state index is 0.143. The highest BCUT2D eigenvalue weighted by atomic mass is 79.9. The fourth-order valence-electron chi connectivity index (χ4n) is 3.94. The van der Waals surface area contributed by atoms with Crippen molar-refractivity contribution in [3.63, 3.8) is 0 Å². The van der Waals surface area contributed by atoms with Crippen molar-refractivity contribution in [2.75, 3.05) is 12.4 Å². The van der Waals surface area contributed by atoms with E-state index in [0.717, 1.165) is 26.9 Å². The van der Waals surface area contributed by atoms with Crippen LogP contribution in [0.3, 0.4) is 0 Å². The third kappa shape index (κ3) is 4.12. The minimum atomic E-state index is -0.905. The summed E-state index contributed by atoms with van der Waals surface area (Å²) < 4.78 is 0.937. The van der Waals surface area contributed by atoms with Gasteiger partial charge in [-0.15, -0.1) is 0 Å². The van der Waals surface area contributed by atoms with E-state index < -0.39 is 5.54 Å². The van der Waals surface area contributed by atoms with Gasteiger partial charge in [-0.1, -0.05) is 94.8 Å². The van der Waals surface area contributed by atoms with E-state index in [9.17, 15) is 4.79 Å². The van der Waals surface area contributed by atoms with Crippen LogP contribution in [-0.2, 0) is 5.54 Å². The Hall–Kier alpha value is -3.37. The molecule has 0 radical (unpaired) electrons. The predicted octanol–water partition coefficient (Wildman–Crippen LogP) is 6.21. The maximum Gasteiger partial charge on any atom is 0.252 e. The van der Waals surface area contributed by atoms with Gasteiger partial charge in [0, 0.05) is 28.3 Å². The molecule has 4 aromatic carbocycles. The molecule has 0 fully saturated rings. The number of hydrogen-bond acceptors (Lipinski definition) is 2. The van der Waals surface area contributed by atoms with Crippen LogP contribution in [0.4, 0.5) is 5.69 Å². The molecule has 2 N–H and O–H groups in total. The summed E-state index contributed by atoms with van der Waals surface area (Å²) in [6.45, 7) is 0. The topological polar surface area (TPSA) is 41.1 Å². The van der Waals surface area contributed by atoms with Gasteiger partial charge in [-0.25, -0.2) is 0 Å². The molecule has 4 aromatic rings. The van der Waals surface area contributed by atoms with Gasteiger partial charge in [0.1, 0.15) is 5.54 Å². The summed E-state index contributed by atoms with van der Waals surface area (Å²) in [6.07, 6.45) is 0. The van der Waals surface area contributed by atoms with Crippen LogP contribution < -0.4 is 10.6 Å². The van der Waals surface area contributed by atoms with Crippen molar-refractivity contribution in [1.29, 1.82) is 0 Å². The highest BCUT2D eigenvalue weighted by molar-refractivity contribution is 9.10. The van der Waals surface area contributed by atoms with Gasteiger partial charge in [-0.05, 0) is 41.5 Å². The number of carbonyl (C=O) groups excluding carboxylic acids is 1. The molecule has 4 heteroatoms. The van der Waals surface area contributed by atoms with Crippen molar-refractivity contribution < 1.29 is 4.79 Å². The smallest absolute Gasteiger partial charge is 0.252 e. The monoisotopic (exact) mass is 470 g/mol. The Morgan fingerprint density at radius 3 is 1.77 bits per heavy atom. The Bertz CT molecular complexity index is 1120. The summed E-state index contributed by atoms with van der Waals surface area (Å²) in [5.41, 5.74) is 3.53. The Kier molecular flexibility index (Phi) is 6.19.